The van der Waals surface area contributed by atoms with Crippen LogP contribution in [0.15, 0.2) is 29.8 Å². The molecule has 17 heavy (non-hydrogen) atoms. The monoisotopic (exact) mass is 266 g/mol. The summed E-state index contributed by atoms with van der Waals surface area (Å²) in [5, 5.41) is 4.27. The van der Waals surface area contributed by atoms with Crippen molar-refractivity contribution >= 4 is 22.9 Å². The van der Waals surface area contributed by atoms with Gasteiger partial charge in [0, 0.05) is 22.5 Å². The van der Waals surface area contributed by atoms with E-state index < -0.39 is 0 Å². The van der Waals surface area contributed by atoms with Gasteiger partial charge < -0.3 is 5.32 Å². The molecule has 0 spiro atoms. The number of nitrogens with one attached hydrogen (secondary N) is 1. The van der Waals surface area contributed by atoms with Crippen molar-refractivity contribution in [3.05, 3.63) is 50.9 Å². The molecule has 1 unspecified atom stereocenters. The van der Waals surface area contributed by atoms with Crippen LogP contribution in [0.2, 0.25) is 5.02 Å². The highest BCUT2D eigenvalue weighted by atomic mass is 35.5. The molecular formula is C13H15ClN2S. The second kappa shape index (κ2) is 5.63. The predicted molar refractivity (Wildman–Crippen MR) is 73.6 cm³/mol. The maximum Gasteiger partial charge on any atom is 0.0798 e. The van der Waals surface area contributed by atoms with E-state index in [1.807, 2.05) is 24.6 Å². The van der Waals surface area contributed by atoms with E-state index in [0.29, 0.717) is 6.04 Å². The fourth-order valence-electron chi connectivity index (χ4n) is 1.61. The third-order valence-corrected chi connectivity index (χ3v) is 3.97. The maximum atomic E-state index is 5.87. The van der Waals surface area contributed by atoms with Crippen molar-refractivity contribution in [2.24, 2.45) is 0 Å². The zero-order chi connectivity index (χ0) is 12.3. The normalized spacial score (nSPS) is 12.6. The molecule has 0 saturated carbocycles. The Morgan fingerprint density at radius 2 is 2.06 bits per heavy atom. The van der Waals surface area contributed by atoms with Crippen molar-refractivity contribution in [1.29, 1.82) is 0 Å². The molecule has 0 saturated heterocycles. The van der Waals surface area contributed by atoms with Crippen LogP contribution in [0, 0.1) is 6.92 Å². The predicted octanol–water partition coefficient (Wildman–Crippen LogP) is 3.96. The van der Waals surface area contributed by atoms with Crippen LogP contribution in [0.5, 0.6) is 0 Å². The van der Waals surface area contributed by atoms with E-state index in [1.165, 1.54) is 10.4 Å². The first kappa shape index (κ1) is 12.6. The van der Waals surface area contributed by atoms with Crippen LogP contribution in [0.4, 0.5) is 0 Å². The minimum atomic E-state index is 0.314. The van der Waals surface area contributed by atoms with E-state index in [-0.39, 0.29) is 0 Å². The van der Waals surface area contributed by atoms with Crippen LogP contribution in [0.3, 0.4) is 0 Å². The minimum absolute atomic E-state index is 0.314. The number of hydrogen-bond donors (Lipinski definition) is 1. The van der Waals surface area contributed by atoms with Crippen LogP contribution in [-0.2, 0) is 6.54 Å². The maximum absolute atomic E-state index is 5.87. The Morgan fingerprint density at radius 1 is 1.35 bits per heavy atom. The largest absolute Gasteiger partial charge is 0.305 e. The fraction of sp³-hybridized carbons (Fsp3) is 0.308. The van der Waals surface area contributed by atoms with Gasteiger partial charge in [-0.2, -0.15) is 0 Å². The lowest BCUT2D eigenvalue weighted by atomic mass is 10.1. The molecule has 1 heterocycles. The van der Waals surface area contributed by atoms with E-state index in [9.17, 15) is 0 Å². The summed E-state index contributed by atoms with van der Waals surface area (Å²) < 4.78 is 0. The van der Waals surface area contributed by atoms with Gasteiger partial charge in [0.15, 0.2) is 0 Å². The van der Waals surface area contributed by atoms with Gasteiger partial charge in [-0.15, -0.1) is 11.3 Å². The average Bonchev–Trinajstić information content (AvgIpc) is 2.73. The average molecular weight is 267 g/mol. The summed E-state index contributed by atoms with van der Waals surface area (Å²) in [5.41, 5.74) is 4.25. The standard InChI is InChI=1S/C13H15ClN2S/c1-9(11-3-5-12(14)6-4-11)15-7-13-10(2)16-8-17-13/h3-6,8-9,15H,7H2,1-2H3. The molecule has 0 bridgehead atoms. The molecule has 1 aromatic carbocycles. The van der Waals surface area contributed by atoms with E-state index in [0.717, 1.165) is 17.3 Å². The lowest BCUT2D eigenvalue weighted by Crippen LogP contribution is -2.17. The lowest BCUT2D eigenvalue weighted by Gasteiger charge is -2.13. The van der Waals surface area contributed by atoms with Gasteiger partial charge in [0.1, 0.15) is 0 Å². The number of hydrogen-bond acceptors (Lipinski definition) is 3. The SMILES string of the molecule is Cc1ncsc1CNC(C)c1ccc(Cl)cc1. The summed E-state index contributed by atoms with van der Waals surface area (Å²) in [6.07, 6.45) is 0. The van der Waals surface area contributed by atoms with Crippen molar-refractivity contribution in [3.8, 4) is 0 Å². The first-order valence-electron chi connectivity index (χ1n) is 5.54. The third-order valence-electron chi connectivity index (χ3n) is 2.78. The molecule has 0 aliphatic heterocycles. The molecule has 0 aliphatic rings. The quantitative estimate of drug-likeness (QED) is 0.906. The van der Waals surface area contributed by atoms with Crippen LogP contribution in [-0.4, -0.2) is 4.98 Å². The smallest absolute Gasteiger partial charge is 0.0798 e. The highest BCUT2D eigenvalue weighted by Crippen LogP contribution is 2.18. The minimum Gasteiger partial charge on any atom is -0.305 e. The van der Waals surface area contributed by atoms with Crippen molar-refractivity contribution in [2.45, 2.75) is 26.4 Å². The van der Waals surface area contributed by atoms with Crippen molar-refractivity contribution < 1.29 is 0 Å². The molecule has 2 nitrogen and oxygen atoms in total. The van der Waals surface area contributed by atoms with Crippen molar-refractivity contribution in [2.75, 3.05) is 0 Å². The Kier molecular flexibility index (Phi) is 4.15. The molecule has 4 heteroatoms. The molecule has 1 aromatic heterocycles. The Morgan fingerprint density at radius 3 is 2.65 bits per heavy atom. The van der Waals surface area contributed by atoms with Gasteiger partial charge in [-0.05, 0) is 31.5 Å². The Balaban J connectivity index is 1.95. The third kappa shape index (κ3) is 3.28. The summed E-state index contributed by atoms with van der Waals surface area (Å²) in [4.78, 5) is 5.54. The van der Waals surface area contributed by atoms with Crippen LogP contribution < -0.4 is 5.32 Å². The second-order valence-corrected chi connectivity index (χ2v) is 5.39. The van der Waals surface area contributed by atoms with Crippen molar-refractivity contribution in [1.82, 2.24) is 10.3 Å². The highest BCUT2D eigenvalue weighted by Gasteiger charge is 2.06. The molecule has 0 aliphatic carbocycles. The molecule has 1 atom stereocenters. The summed E-state index contributed by atoms with van der Waals surface area (Å²) in [6, 6.07) is 8.27. The molecule has 0 fully saturated rings. The van der Waals surface area contributed by atoms with Crippen molar-refractivity contribution in [3.63, 3.8) is 0 Å². The van der Waals surface area contributed by atoms with Crippen LogP contribution in [0.25, 0.3) is 0 Å². The summed E-state index contributed by atoms with van der Waals surface area (Å²) in [7, 11) is 0. The lowest BCUT2D eigenvalue weighted by molar-refractivity contribution is 0.577. The first-order chi connectivity index (χ1) is 8.16. The van der Waals surface area contributed by atoms with Crippen LogP contribution >= 0.6 is 22.9 Å². The van der Waals surface area contributed by atoms with Crippen LogP contribution in [0.1, 0.15) is 29.1 Å². The van der Waals surface area contributed by atoms with E-state index in [2.05, 4.69) is 29.4 Å². The molecule has 0 radical (unpaired) electrons. The fourth-order valence-corrected chi connectivity index (χ4v) is 2.46. The number of aryl methyl sites for hydroxylation is 1. The Bertz CT molecular complexity index is 478. The summed E-state index contributed by atoms with van der Waals surface area (Å²) in [6.45, 7) is 5.06. The molecule has 2 rings (SSSR count). The number of halogens is 1. The number of benzene rings is 1. The zero-order valence-electron chi connectivity index (χ0n) is 9.90. The number of nitrogens with zero attached hydrogens (tertiary/aromatic N) is 1. The summed E-state index contributed by atoms with van der Waals surface area (Å²) in [5.74, 6) is 0. The number of aromatic nitrogens is 1. The van der Waals surface area contributed by atoms with Gasteiger partial charge >= 0.3 is 0 Å². The molecule has 1 N–H and O–H groups in total. The van der Waals surface area contributed by atoms with Gasteiger partial charge in [0.2, 0.25) is 0 Å². The van der Waals surface area contributed by atoms with Gasteiger partial charge in [0.25, 0.3) is 0 Å². The first-order valence-corrected chi connectivity index (χ1v) is 6.80. The Labute approximate surface area is 111 Å². The van der Waals surface area contributed by atoms with E-state index in [1.54, 1.807) is 11.3 Å². The molecular weight excluding hydrogens is 252 g/mol. The van der Waals surface area contributed by atoms with Gasteiger partial charge in [-0.1, -0.05) is 23.7 Å². The number of thiazole rings is 1. The van der Waals surface area contributed by atoms with E-state index in [4.69, 9.17) is 11.6 Å². The molecule has 90 valence electrons. The summed E-state index contributed by atoms with van der Waals surface area (Å²) >= 11 is 7.56. The Hall–Kier alpha value is -0.900. The van der Waals surface area contributed by atoms with E-state index >= 15 is 0 Å². The molecule has 0 amide bonds. The van der Waals surface area contributed by atoms with Gasteiger partial charge in [0.05, 0.1) is 11.2 Å². The highest BCUT2D eigenvalue weighted by molar-refractivity contribution is 7.09. The molecule has 2 aromatic rings. The topological polar surface area (TPSA) is 24.9 Å². The number of rotatable bonds is 4. The zero-order valence-corrected chi connectivity index (χ0v) is 11.5. The van der Waals surface area contributed by atoms with Gasteiger partial charge in [-0.25, -0.2) is 4.98 Å². The second-order valence-electron chi connectivity index (χ2n) is 4.02. The van der Waals surface area contributed by atoms with Gasteiger partial charge in [-0.3, -0.25) is 0 Å².